The topological polar surface area (TPSA) is 97.3 Å². The molecule has 0 bridgehead atoms. The maximum absolute atomic E-state index is 12.7. The third-order valence-electron chi connectivity index (χ3n) is 4.22. The van der Waals surface area contributed by atoms with Gasteiger partial charge in [0.25, 0.3) is 5.91 Å². The fourth-order valence-electron chi connectivity index (χ4n) is 2.79. The van der Waals surface area contributed by atoms with Gasteiger partial charge >= 0.3 is 0 Å². The molecule has 0 atom stereocenters. The summed E-state index contributed by atoms with van der Waals surface area (Å²) in [6.07, 6.45) is 5.17. The van der Waals surface area contributed by atoms with E-state index >= 15 is 0 Å². The quantitative estimate of drug-likeness (QED) is 0.682. The predicted molar refractivity (Wildman–Crippen MR) is 92.9 cm³/mol. The number of hydrogen-bond acceptors (Lipinski definition) is 5. The molecule has 7 heteroatoms. The molecule has 2 heterocycles. The van der Waals surface area contributed by atoms with Crippen LogP contribution in [0.1, 0.15) is 23.2 Å². The van der Waals surface area contributed by atoms with Crippen molar-refractivity contribution in [2.75, 3.05) is 18.1 Å². The summed E-state index contributed by atoms with van der Waals surface area (Å²) in [5, 5.41) is 10.3. The summed E-state index contributed by atoms with van der Waals surface area (Å²) < 4.78 is 1.62. The number of carbonyl (C=O) groups is 1. The Morgan fingerprint density at radius 1 is 1.29 bits per heavy atom. The van der Waals surface area contributed by atoms with Crippen molar-refractivity contribution in [3.8, 4) is 11.1 Å². The highest BCUT2D eigenvalue weighted by Crippen LogP contribution is 2.33. The van der Waals surface area contributed by atoms with Gasteiger partial charge in [0.15, 0.2) is 5.82 Å². The van der Waals surface area contributed by atoms with Crippen LogP contribution in [0.2, 0.25) is 0 Å². The summed E-state index contributed by atoms with van der Waals surface area (Å²) in [5.41, 5.74) is 9.93. The Bertz CT molecular complexity index is 911. The zero-order valence-electron chi connectivity index (χ0n) is 13.3. The summed E-state index contributed by atoms with van der Waals surface area (Å²) in [6.45, 7) is 0. The fraction of sp³-hybridized carbons (Fsp3) is 0.235. The van der Waals surface area contributed by atoms with Gasteiger partial charge in [-0.2, -0.15) is 5.10 Å². The first kappa shape index (κ1) is 14.5. The van der Waals surface area contributed by atoms with Crippen LogP contribution in [0, 0.1) is 0 Å². The lowest BCUT2D eigenvalue weighted by Gasteiger charge is -2.08. The van der Waals surface area contributed by atoms with E-state index in [0.29, 0.717) is 16.9 Å². The summed E-state index contributed by atoms with van der Waals surface area (Å²) in [5.74, 6) is 0.248. The number of nitrogens with zero attached hydrogens (tertiary/aromatic N) is 3. The summed E-state index contributed by atoms with van der Waals surface area (Å²) in [6, 6.07) is 8.12. The van der Waals surface area contributed by atoms with Gasteiger partial charge in [0, 0.05) is 30.5 Å². The monoisotopic (exact) mass is 322 g/mol. The molecule has 0 radical (unpaired) electrons. The highest BCUT2D eigenvalue weighted by Gasteiger charge is 2.27. The minimum Gasteiger partial charge on any atom is -0.388 e. The van der Waals surface area contributed by atoms with E-state index < -0.39 is 0 Å². The number of nitrogens with one attached hydrogen (secondary N) is 2. The second-order valence-electron chi connectivity index (χ2n) is 5.93. The van der Waals surface area contributed by atoms with Crippen LogP contribution in [0.3, 0.4) is 0 Å². The number of anilines is 2. The average Bonchev–Trinajstić information content (AvgIpc) is 3.31. The third-order valence-corrected chi connectivity index (χ3v) is 4.22. The van der Waals surface area contributed by atoms with E-state index in [0.717, 1.165) is 29.7 Å². The Hall–Kier alpha value is -3.09. The van der Waals surface area contributed by atoms with E-state index in [1.54, 1.807) is 10.7 Å². The van der Waals surface area contributed by atoms with Crippen LogP contribution in [0.15, 0.2) is 36.8 Å². The van der Waals surface area contributed by atoms with Gasteiger partial charge in [0.05, 0.1) is 5.56 Å². The highest BCUT2D eigenvalue weighted by molar-refractivity contribution is 6.07. The minimum absolute atomic E-state index is 0.102. The highest BCUT2D eigenvalue weighted by atomic mass is 16.1. The van der Waals surface area contributed by atoms with Gasteiger partial charge in [-0.3, -0.25) is 4.79 Å². The molecule has 4 N–H and O–H groups in total. The second-order valence-corrected chi connectivity index (χ2v) is 5.93. The van der Waals surface area contributed by atoms with E-state index in [4.69, 9.17) is 5.73 Å². The van der Waals surface area contributed by atoms with Crippen LogP contribution >= 0.6 is 0 Å². The molecule has 2 aromatic heterocycles. The number of nitrogens with two attached hydrogens (primary N) is 1. The van der Waals surface area contributed by atoms with Crippen molar-refractivity contribution in [3.05, 3.63) is 42.4 Å². The zero-order valence-corrected chi connectivity index (χ0v) is 13.3. The molecule has 0 spiro atoms. The minimum atomic E-state index is -0.102. The lowest BCUT2D eigenvalue weighted by molar-refractivity contribution is 0.0951. The molecule has 1 saturated carbocycles. The number of nitrogen functional groups attached to an aromatic ring is 1. The first-order valence-corrected chi connectivity index (χ1v) is 7.88. The molecule has 4 rings (SSSR count). The SMILES string of the molecule is CNc1ccc(-c2c(C(=O)NC3CC3)cn3ncnc(N)c23)cc1. The Labute approximate surface area is 138 Å². The molecule has 1 fully saturated rings. The maximum Gasteiger partial charge on any atom is 0.253 e. The maximum atomic E-state index is 12.7. The Morgan fingerprint density at radius 2 is 2.04 bits per heavy atom. The van der Waals surface area contributed by atoms with Gasteiger partial charge in [0.2, 0.25) is 0 Å². The molecule has 3 aromatic rings. The Balaban J connectivity index is 1.90. The summed E-state index contributed by atoms with van der Waals surface area (Å²) in [7, 11) is 1.86. The normalized spacial score (nSPS) is 13.9. The van der Waals surface area contributed by atoms with E-state index in [-0.39, 0.29) is 11.9 Å². The molecular weight excluding hydrogens is 304 g/mol. The Kier molecular flexibility index (Phi) is 3.34. The number of aromatic nitrogens is 3. The standard InChI is InChI=1S/C17H18N6O/c1-19-11-4-2-10(3-5-11)14-13(17(24)22-12-6-7-12)8-23-15(14)16(18)20-9-21-23/h2-5,8-9,12,19H,6-7H2,1H3,(H,22,24)(H2,18,20,21). The smallest absolute Gasteiger partial charge is 0.253 e. The van der Waals surface area contributed by atoms with Crippen LogP contribution < -0.4 is 16.4 Å². The molecule has 1 aromatic carbocycles. The van der Waals surface area contributed by atoms with Crippen LogP contribution in [0.5, 0.6) is 0 Å². The van der Waals surface area contributed by atoms with Gasteiger partial charge < -0.3 is 16.4 Å². The molecule has 122 valence electrons. The number of amides is 1. The van der Waals surface area contributed by atoms with Gasteiger partial charge in [-0.15, -0.1) is 0 Å². The summed E-state index contributed by atoms with van der Waals surface area (Å²) >= 11 is 0. The zero-order chi connectivity index (χ0) is 16.7. The average molecular weight is 322 g/mol. The molecule has 1 amide bonds. The van der Waals surface area contributed by atoms with Crippen LogP contribution in [-0.2, 0) is 0 Å². The van der Waals surface area contributed by atoms with Crippen LogP contribution in [-0.4, -0.2) is 33.6 Å². The fourth-order valence-corrected chi connectivity index (χ4v) is 2.79. The lowest BCUT2D eigenvalue weighted by Crippen LogP contribution is -2.25. The van der Waals surface area contributed by atoms with Gasteiger partial charge in [0.1, 0.15) is 11.8 Å². The molecule has 0 aliphatic heterocycles. The molecule has 1 aliphatic carbocycles. The van der Waals surface area contributed by atoms with E-state index in [1.807, 2.05) is 31.3 Å². The van der Waals surface area contributed by atoms with Crippen LogP contribution in [0.25, 0.3) is 16.6 Å². The first-order valence-electron chi connectivity index (χ1n) is 7.88. The lowest BCUT2D eigenvalue weighted by atomic mass is 10.0. The van der Waals surface area contributed by atoms with Crippen molar-refractivity contribution in [1.29, 1.82) is 0 Å². The van der Waals surface area contributed by atoms with E-state index in [1.165, 1.54) is 6.33 Å². The van der Waals surface area contributed by atoms with Gasteiger partial charge in [-0.1, -0.05) is 12.1 Å². The number of rotatable bonds is 4. The van der Waals surface area contributed by atoms with Crippen molar-refractivity contribution < 1.29 is 4.79 Å². The largest absolute Gasteiger partial charge is 0.388 e. The van der Waals surface area contributed by atoms with E-state index in [9.17, 15) is 4.79 Å². The van der Waals surface area contributed by atoms with Crippen molar-refractivity contribution in [3.63, 3.8) is 0 Å². The molecule has 1 aliphatic rings. The van der Waals surface area contributed by atoms with Crippen molar-refractivity contribution in [2.24, 2.45) is 0 Å². The second kappa shape index (κ2) is 5.52. The van der Waals surface area contributed by atoms with Crippen LogP contribution in [0.4, 0.5) is 11.5 Å². The molecule has 24 heavy (non-hydrogen) atoms. The number of hydrogen-bond donors (Lipinski definition) is 3. The molecular formula is C17H18N6O. The van der Waals surface area contributed by atoms with Crippen molar-refractivity contribution in [1.82, 2.24) is 19.9 Å². The van der Waals surface area contributed by atoms with Crippen molar-refractivity contribution in [2.45, 2.75) is 18.9 Å². The van der Waals surface area contributed by atoms with E-state index in [2.05, 4.69) is 20.7 Å². The van der Waals surface area contributed by atoms with Gasteiger partial charge in [-0.05, 0) is 30.5 Å². The molecule has 0 saturated heterocycles. The summed E-state index contributed by atoms with van der Waals surface area (Å²) in [4.78, 5) is 16.7. The Morgan fingerprint density at radius 3 is 2.71 bits per heavy atom. The van der Waals surface area contributed by atoms with Gasteiger partial charge in [-0.25, -0.2) is 9.50 Å². The molecule has 7 nitrogen and oxygen atoms in total. The number of carbonyl (C=O) groups excluding carboxylic acids is 1. The van der Waals surface area contributed by atoms with Crippen molar-refractivity contribution >= 4 is 22.9 Å². The first-order chi connectivity index (χ1) is 11.7. The molecule has 0 unspecified atom stereocenters. The third kappa shape index (κ3) is 2.44. The number of benzene rings is 1. The predicted octanol–water partition coefficient (Wildman–Crippen LogP) is 1.91. The number of fused-ring (bicyclic) bond motifs is 1.